The maximum atomic E-state index is 13.3. The predicted octanol–water partition coefficient (Wildman–Crippen LogP) is 2.58. The normalized spacial score (nSPS) is 12.6. The number of nitrogens with one attached hydrogen (secondary N) is 1. The molecule has 1 N–H and O–H groups in total. The summed E-state index contributed by atoms with van der Waals surface area (Å²) < 4.78 is 18.4. The van der Waals surface area contributed by atoms with Gasteiger partial charge in [0.1, 0.15) is 5.82 Å². The van der Waals surface area contributed by atoms with E-state index in [4.69, 9.17) is 4.74 Å². The molecule has 0 spiro atoms. The number of ether oxygens (including phenoxy) is 1. The van der Waals surface area contributed by atoms with Crippen molar-refractivity contribution in [3.05, 3.63) is 29.6 Å². The number of para-hydroxylation sites is 1. The van der Waals surface area contributed by atoms with Crippen LogP contribution >= 0.6 is 0 Å². The number of methoxy groups -OCH3 is 1. The van der Waals surface area contributed by atoms with Crippen molar-refractivity contribution in [2.24, 2.45) is 0 Å². The molecular weight excluding hydrogens is 181 g/mol. The van der Waals surface area contributed by atoms with Crippen LogP contribution in [0.15, 0.2) is 18.2 Å². The molecule has 1 aromatic rings. The highest BCUT2D eigenvalue weighted by Gasteiger charge is 2.05. The number of anilines is 1. The van der Waals surface area contributed by atoms with Crippen molar-refractivity contribution in [1.29, 1.82) is 0 Å². The molecule has 0 aliphatic carbocycles. The third kappa shape index (κ3) is 2.70. The van der Waals surface area contributed by atoms with Crippen molar-refractivity contribution >= 4 is 5.69 Å². The summed E-state index contributed by atoms with van der Waals surface area (Å²) in [6.45, 7) is 4.42. The van der Waals surface area contributed by atoms with Crippen molar-refractivity contribution in [1.82, 2.24) is 0 Å². The van der Waals surface area contributed by atoms with Gasteiger partial charge in [-0.05, 0) is 25.5 Å². The molecule has 1 unspecified atom stereocenters. The molecule has 0 bridgehead atoms. The minimum Gasteiger partial charge on any atom is -0.380 e. The molecule has 0 heterocycles. The van der Waals surface area contributed by atoms with E-state index in [9.17, 15) is 4.39 Å². The number of hydrogen-bond acceptors (Lipinski definition) is 2. The molecule has 3 heteroatoms. The van der Waals surface area contributed by atoms with Crippen LogP contribution in [0.3, 0.4) is 0 Å². The van der Waals surface area contributed by atoms with Crippen LogP contribution in [0.1, 0.15) is 12.5 Å². The summed E-state index contributed by atoms with van der Waals surface area (Å²) in [6, 6.07) is 5.03. The largest absolute Gasteiger partial charge is 0.380 e. The molecule has 0 aromatic heterocycles. The number of halogens is 1. The van der Waals surface area contributed by atoms with Crippen LogP contribution < -0.4 is 5.32 Å². The van der Waals surface area contributed by atoms with E-state index in [0.29, 0.717) is 12.2 Å². The van der Waals surface area contributed by atoms with Crippen LogP contribution in [-0.2, 0) is 4.74 Å². The standard InChI is InChI=1S/C11H16FNO/c1-8-5-4-6-10(12)11(8)13-7-9(2)14-3/h4-6,9,13H,7H2,1-3H3. The molecule has 0 radical (unpaired) electrons. The van der Waals surface area contributed by atoms with E-state index in [-0.39, 0.29) is 11.9 Å². The number of hydrogen-bond donors (Lipinski definition) is 1. The first-order valence-corrected chi connectivity index (χ1v) is 4.67. The Morgan fingerprint density at radius 2 is 2.21 bits per heavy atom. The maximum Gasteiger partial charge on any atom is 0.146 e. The van der Waals surface area contributed by atoms with Crippen molar-refractivity contribution in [2.45, 2.75) is 20.0 Å². The first-order chi connectivity index (χ1) is 6.65. The maximum absolute atomic E-state index is 13.3. The van der Waals surface area contributed by atoms with Gasteiger partial charge in [0, 0.05) is 13.7 Å². The van der Waals surface area contributed by atoms with Crippen LogP contribution in [0.2, 0.25) is 0 Å². The highest BCUT2D eigenvalue weighted by Crippen LogP contribution is 2.18. The van der Waals surface area contributed by atoms with E-state index < -0.39 is 0 Å². The van der Waals surface area contributed by atoms with Crippen molar-refractivity contribution < 1.29 is 9.13 Å². The Labute approximate surface area is 84.1 Å². The lowest BCUT2D eigenvalue weighted by molar-refractivity contribution is 0.128. The zero-order valence-corrected chi connectivity index (χ0v) is 8.80. The fourth-order valence-electron chi connectivity index (χ4n) is 1.18. The fraction of sp³-hybridized carbons (Fsp3) is 0.455. The minimum absolute atomic E-state index is 0.0778. The van der Waals surface area contributed by atoms with E-state index in [2.05, 4.69) is 5.32 Å². The van der Waals surface area contributed by atoms with Gasteiger partial charge in [-0.15, -0.1) is 0 Å². The quantitative estimate of drug-likeness (QED) is 0.801. The third-order valence-corrected chi connectivity index (χ3v) is 2.19. The Balaban J connectivity index is 2.66. The summed E-state index contributed by atoms with van der Waals surface area (Å²) in [5.41, 5.74) is 1.48. The van der Waals surface area contributed by atoms with Gasteiger partial charge in [-0.1, -0.05) is 12.1 Å². The van der Waals surface area contributed by atoms with Gasteiger partial charge >= 0.3 is 0 Å². The fourth-order valence-corrected chi connectivity index (χ4v) is 1.18. The van der Waals surface area contributed by atoms with Crippen LogP contribution in [0.25, 0.3) is 0 Å². The zero-order valence-electron chi connectivity index (χ0n) is 8.80. The summed E-state index contributed by atoms with van der Waals surface area (Å²) in [6.07, 6.45) is 0.0778. The van der Waals surface area contributed by atoms with Gasteiger partial charge in [-0.3, -0.25) is 0 Å². The van der Waals surface area contributed by atoms with Gasteiger partial charge in [0.25, 0.3) is 0 Å². The molecule has 0 amide bonds. The van der Waals surface area contributed by atoms with Gasteiger partial charge in [-0.25, -0.2) is 4.39 Å². The molecule has 14 heavy (non-hydrogen) atoms. The van der Waals surface area contributed by atoms with E-state index in [1.54, 1.807) is 13.2 Å². The summed E-state index contributed by atoms with van der Waals surface area (Å²) >= 11 is 0. The Morgan fingerprint density at radius 1 is 1.50 bits per heavy atom. The highest BCUT2D eigenvalue weighted by atomic mass is 19.1. The lowest BCUT2D eigenvalue weighted by Crippen LogP contribution is -2.19. The number of rotatable bonds is 4. The topological polar surface area (TPSA) is 21.3 Å². The second-order valence-electron chi connectivity index (χ2n) is 3.36. The first kappa shape index (κ1) is 11.0. The summed E-state index contributed by atoms with van der Waals surface area (Å²) in [5.74, 6) is -0.215. The van der Waals surface area contributed by atoms with Gasteiger partial charge < -0.3 is 10.1 Å². The average Bonchev–Trinajstić information content (AvgIpc) is 2.16. The van der Waals surface area contributed by atoms with Crippen molar-refractivity contribution in [2.75, 3.05) is 19.0 Å². The van der Waals surface area contributed by atoms with Crippen LogP contribution in [0.5, 0.6) is 0 Å². The minimum atomic E-state index is -0.215. The predicted molar refractivity (Wildman–Crippen MR) is 56.1 cm³/mol. The van der Waals surface area contributed by atoms with E-state index in [1.807, 2.05) is 19.9 Å². The SMILES string of the molecule is COC(C)CNc1c(C)cccc1F. The van der Waals surface area contributed by atoms with Gasteiger partial charge in [0.05, 0.1) is 11.8 Å². The lowest BCUT2D eigenvalue weighted by atomic mass is 10.2. The Morgan fingerprint density at radius 3 is 2.79 bits per heavy atom. The van der Waals surface area contributed by atoms with Crippen molar-refractivity contribution in [3.63, 3.8) is 0 Å². The summed E-state index contributed by atoms with van der Waals surface area (Å²) in [4.78, 5) is 0. The molecule has 0 saturated heterocycles. The molecule has 0 aliphatic rings. The third-order valence-electron chi connectivity index (χ3n) is 2.19. The van der Waals surface area contributed by atoms with Gasteiger partial charge in [0.2, 0.25) is 0 Å². The van der Waals surface area contributed by atoms with E-state index in [1.165, 1.54) is 6.07 Å². The molecule has 1 aromatic carbocycles. The molecule has 0 fully saturated rings. The average molecular weight is 197 g/mol. The monoisotopic (exact) mass is 197 g/mol. The summed E-state index contributed by atoms with van der Waals surface area (Å²) in [5, 5.41) is 3.03. The molecule has 0 saturated carbocycles. The molecule has 2 nitrogen and oxygen atoms in total. The molecular formula is C11H16FNO. The first-order valence-electron chi connectivity index (χ1n) is 4.67. The second-order valence-corrected chi connectivity index (χ2v) is 3.36. The Kier molecular flexibility index (Phi) is 3.89. The van der Waals surface area contributed by atoms with E-state index in [0.717, 1.165) is 5.56 Å². The van der Waals surface area contributed by atoms with Crippen LogP contribution in [0, 0.1) is 12.7 Å². The lowest BCUT2D eigenvalue weighted by Gasteiger charge is -2.14. The molecule has 1 atom stereocenters. The second kappa shape index (κ2) is 4.96. The Bertz CT molecular complexity index is 281. The van der Waals surface area contributed by atoms with Crippen LogP contribution in [0.4, 0.5) is 10.1 Å². The van der Waals surface area contributed by atoms with Gasteiger partial charge in [-0.2, -0.15) is 0 Å². The highest BCUT2D eigenvalue weighted by molar-refractivity contribution is 5.51. The van der Waals surface area contributed by atoms with Crippen LogP contribution in [-0.4, -0.2) is 19.8 Å². The zero-order chi connectivity index (χ0) is 10.6. The molecule has 78 valence electrons. The summed E-state index contributed by atoms with van der Waals surface area (Å²) in [7, 11) is 1.64. The number of benzene rings is 1. The smallest absolute Gasteiger partial charge is 0.146 e. The van der Waals surface area contributed by atoms with Crippen molar-refractivity contribution in [3.8, 4) is 0 Å². The van der Waals surface area contributed by atoms with E-state index >= 15 is 0 Å². The van der Waals surface area contributed by atoms with Gasteiger partial charge in [0.15, 0.2) is 0 Å². The molecule has 0 aliphatic heterocycles. The molecule has 1 rings (SSSR count). The Hall–Kier alpha value is -1.09. The number of aryl methyl sites for hydroxylation is 1.